The zero-order valence-corrected chi connectivity index (χ0v) is 5.33. The van der Waals surface area contributed by atoms with Crippen molar-refractivity contribution in [2.45, 2.75) is 0 Å². The lowest BCUT2D eigenvalue weighted by molar-refractivity contribution is -0.112. The van der Waals surface area contributed by atoms with Gasteiger partial charge in [0.15, 0.2) is 0 Å². The molecule has 0 amide bonds. The summed E-state index contributed by atoms with van der Waals surface area (Å²) in [6.45, 7) is 3.33. The van der Waals surface area contributed by atoms with E-state index in [1.165, 1.54) is 12.3 Å². The van der Waals surface area contributed by atoms with E-state index < -0.39 is 0 Å². The highest BCUT2D eigenvalue weighted by molar-refractivity contribution is 6.03. The van der Waals surface area contributed by atoms with E-state index in [-0.39, 0.29) is 5.78 Å². The Balaban J connectivity index is 2.71. The summed E-state index contributed by atoms with van der Waals surface area (Å²) >= 11 is 0. The molecule has 10 heavy (non-hydrogen) atoms. The second kappa shape index (κ2) is 2.87. The predicted octanol–water partition coefficient (Wildman–Crippen LogP) is 0.674. The van der Waals surface area contributed by atoms with E-state index in [0.717, 1.165) is 0 Å². The van der Waals surface area contributed by atoms with Gasteiger partial charge in [-0.05, 0) is 18.2 Å². The SMILES string of the molecule is C=CC(=O)C1=CC=CON1. The number of allylic oxidation sites excluding steroid dienone is 3. The van der Waals surface area contributed by atoms with E-state index in [9.17, 15) is 4.79 Å². The zero-order valence-electron chi connectivity index (χ0n) is 5.33. The Morgan fingerprint density at radius 3 is 3.10 bits per heavy atom. The van der Waals surface area contributed by atoms with Crippen LogP contribution in [0.2, 0.25) is 0 Å². The van der Waals surface area contributed by atoms with Gasteiger partial charge in [0.05, 0.1) is 0 Å². The van der Waals surface area contributed by atoms with Crippen LogP contribution in [0.3, 0.4) is 0 Å². The number of hydrogen-bond donors (Lipinski definition) is 1. The van der Waals surface area contributed by atoms with E-state index in [1.54, 1.807) is 12.2 Å². The number of rotatable bonds is 2. The fourth-order valence-corrected chi connectivity index (χ4v) is 0.549. The molecular formula is C7H7NO2. The van der Waals surface area contributed by atoms with Crippen LogP contribution in [-0.4, -0.2) is 5.78 Å². The molecule has 0 spiro atoms. The molecule has 3 nitrogen and oxygen atoms in total. The van der Waals surface area contributed by atoms with E-state index in [0.29, 0.717) is 5.70 Å². The Morgan fingerprint density at radius 2 is 2.60 bits per heavy atom. The molecule has 1 N–H and O–H groups in total. The summed E-state index contributed by atoms with van der Waals surface area (Å²) in [6.07, 6.45) is 5.92. The molecule has 0 unspecified atom stereocenters. The minimum atomic E-state index is -0.177. The maximum absolute atomic E-state index is 10.8. The van der Waals surface area contributed by atoms with Gasteiger partial charge in [-0.1, -0.05) is 6.58 Å². The van der Waals surface area contributed by atoms with Crippen molar-refractivity contribution in [3.63, 3.8) is 0 Å². The second-order valence-electron chi connectivity index (χ2n) is 1.70. The number of hydroxylamine groups is 1. The van der Waals surface area contributed by atoms with E-state index in [2.05, 4.69) is 16.9 Å². The number of ketones is 1. The summed E-state index contributed by atoms with van der Waals surface area (Å²) < 4.78 is 0. The van der Waals surface area contributed by atoms with Gasteiger partial charge < -0.3 is 4.84 Å². The summed E-state index contributed by atoms with van der Waals surface area (Å²) in [5.41, 5.74) is 2.82. The summed E-state index contributed by atoms with van der Waals surface area (Å²) in [4.78, 5) is 15.4. The van der Waals surface area contributed by atoms with Crippen molar-refractivity contribution in [2.24, 2.45) is 0 Å². The number of hydrogen-bond acceptors (Lipinski definition) is 3. The highest BCUT2D eigenvalue weighted by atomic mass is 16.6. The van der Waals surface area contributed by atoms with Crippen molar-refractivity contribution in [3.8, 4) is 0 Å². The molecule has 52 valence electrons. The lowest BCUT2D eigenvalue weighted by Crippen LogP contribution is -2.18. The van der Waals surface area contributed by atoms with Crippen LogP contribution in [0.5, 0.6) is 0 Å². The third kappa shape index (κ3) is 1.25. The maximum atomic E-state index is 10.8. The van der Waals surface area contributed by atoms with Gasteiger partial charge in [-0.2, -0.15) is 0 Å². The maximum Gasteiger partial charge on any atom is 0.204 e. The molecule has 0 saturated heterocycles. The van der Waals surface area contributed by atoms with Crippen LogP contribution in [0.4, 0.5) is 0 Å². The first-order chi connectivity index (χ1) is 4.84. The lowest BCUT2D eigenvalue weighted by atomic mass is 10.2. The fraction of sp³-hybridized carbons (Fsp3) is 0. The van der Waals surface area contributed by atoms with Gasteiger partial charge in [-0.25, -0.2) is 5.48 Å². The Morgan fingerprint density at radius 1 is 1.80 bits per heavy atom. The molecular weight excluding hydrogens is 130 g/mol. The van der Waals surface area contributed by atoms with Crippen molar-refractivity contribution >= 4 is 5.78 Å². The summed E-state index contributed by atoms with van der Waals surface area (Å²) in [6, 6.07) is 0. The molecule has 0 atom stereocenters. The number of nitrogens with one attached hydrogen (secondary N) is 1. The van der Waals surface area contributed by atoms with Crippen molar-refractivity contribution in [3.05, 3.63) is 36.8 Å². The first kappa shape index (κ1) is 6.61. The highest BCUT2D eigenvalue weighted by Gasteiger charge is 2.04. The molecule has 0 bridgehead atoms. The number of carbonyl (C=O) groups is 1. The van der Waals surface area contributed by atoms with Crippen LogP contribution in [-0.2, 0) is 9.63 Å². The average molecular weight is 137 g/mol. The minimum absolute atomic E-state index is 0.177. The largest absolute Gasteiger partial charge is 0.390 e. The molecule has 1 aliphatic rings. The molecule has 0 saturated carbocycles. The standard InChI is InChI=1S/C7H7NO2/c1-2-7(9)6-4-3-5-10-8-6/h2-5,8H,1H2. The predicted molar refractivity (Wildman–Crippen MR) is 36.6 cm³/mol. The van der Waals surface area contributed by atoms with Gasteiger partial charge in [0.2, 0.25) is 5.78 Å². The molecule has 0 aromatic carbocycles. The van der Waals surface area contributed by atoms with Gasteiger partial charge >= 0.3 is 0 Å². The Labute approximate surface area is 58.6 Å². The third-order valence-corrected chi connectivity index (χ3v) is 1.03. The van der Waals surface area contributed by atoms with Gasteiger partial charge in [0, 0.05) is 0 Å². The molecule has 1 rings (SSSR count). The molecule has 0 aromatic heterocycles. The van der Waals surface area contributed by atoms with E-state index >= 15 is 0 Å². The summed E-state index contributed by atoms with van der Waals surface area (Å²) in [5, 5.41) is 0. The average Bonchev–Trinajstić information content (AvgIpc) is 2.05. The van der Waals surface area contributed by atoms with Crippen molar-refractivity contribution in [2.75, 3.05) is 0 Å². The van der Waals surface area contributed by atoms with Gasteiger partial charge in [0.25, 0.3) is 0 Å². The fourth-order valence-electron chi connectivity index (χ4n) is 0.549. The zero-order chi connectivity index (χ0) is 7.40. The van der Waals surface area contributed by atoms with Gasteiger partial charge in [0.1, 0.15) is 12.0 Å². The smallest absolute Gasteiger partial charge is 0.204 e. The Bertz CT molecular complexity index is 216. The highest BCUT2D eigenvalue weighted by Crippen LogP contribution is 1.98. The molecule has 0 aromatic rings. The quantitative estimate of drug-likeness (QED) is 0.568. The Hall–Kier alpha value is -1.51. The van der Waals surface area contributed by atoms with Crippen LogP contribution >= 0.6 is 0 Å². The van der Waals surface area contributed by atoms with E-state index in [1.807, 2.05) is 0 Å². The molecule has 0 radical (unpaired) electrons. The molecule has 1 aliphatic heterocycles. The minimum Gasteiger partial charge on any atom is -0.390 e. The molecule has 3 heteroatoms. The van der Waals surface area contributed by atoms with Crippen LogP contribution in [0.1, 0.15) is 0 Å². The normalized spacial score (nSPS) is 14.6. The monoisotopic (exact) mass is 137 g/mol. The molecule has 1 heterocycles. The van der Waals surface area contributed by atoms with Crippen LogP contribution in [0, 0.1) is 0 Å². The van der Waals surface area contributed by atoms with Crippen LogP contribution in [0.15, 0.2) is 36.8 Å². The first-order valence-electron chi connectivity index (χ1n) is 2.80. The van der Waals surface area contributed by atoms with Crippen LogP contribution < -0.4 is 5.48 Å². The van der Waals surface area contributed by atoms with Crippen molar-refractivity contribution in [1.82, 2.24) is 5.48 Å². The van der Waals surface area contributed by atoms with Crippen molar-refractivity contribution in [1.29, 1.82) is 0 Å². The van der Waals surface area contributed by atoms with Gasteiger partial charge in [-0.15, -0.1) is 0 Å². The summed E-state index contributed by atoms with van der Waals surface area (Å²) in [7, 11) is 0. The molecule has 0 aliphatic carbocycles. The lowest BCUT2D eigenvalue weighted by Gasteiger charge is -2.07. The number of carbonyl (C=O) groups excluding carboxylic acids is 1. The summed E-state index contributed by atoms with van der Waals surface area (Å²) in [5.74, 6) is -0.177. The third-order valence-electron chi connectivity index (χ3n) is 1.03. The van der Waals surface area contributed by atoms with Gasteiger partial charge in [-0.3, -0.25) is 4.79 Å². The van der Waals surface area contributed by atoms with Crippen molar-refractivity contribution < 1.29 is 9.63 Å². The topological polar surface area (TPSA) is 38.3 Å². The van der Waals surface area contributed by atoms with E-state index in [4.69, 9.17) is 0 Å². The molecule has 0 fully saturated rings. The Kier molecular flexibility index (Phi) is 1.89. The van der Waals surface area contributed by atoms with Crippen LogP contribution in [0.25, 0.3) is 0 Å². The second-order valence-corrected chi connectivity index (χ2v) is 1.70. The first-order valence-corrected chi connectivity index (χ1v) is 2.80.